The van der Waals surface area contributed by atoms with E-state index in [1.165, 1.54) is 5.56 Å². The lowest BCUT2D eigenvalue weighted by molar-refractivity contribution is -0.0455. The summed E-state index contributed by atoms with van der Waals surface area (Å²) in [4.78, 5) is 0. The molecule has 0 spiro atoms. The third kappa shape index (κ3) is 1.98. The average molecular weight is 208 g/mol. The van der Waals surface area contributed by atoms with Crippen LogP contribution in [-0.2, 0) is 9.47 Å². The van der Waals surface area contributed by atoms with Crippen LogP contribution in [0.3, 0.4) is 0 Å². The van der Waals surface area contributed by atoms with Crippen LogP contribution in [0.2, 0.25) is 0 Å². The Balaban J connectivity index is 2.42. The standard InChI is InChI=1S/C12H16O3/c1-8-6-9(2)11(13-3)10(7-8)12-14-4-5-15-12/h6-7,12H,4-5H2,1-3H3. The molecule has 1 aliphatic rings. The molecule has 0 atom stereocenters. The molecular weight excluding hydrogens is 192 g/mol. The zero-order valence-corrected chi connectivity index (χ0v) is 9.37. The molecule has 3 nitrogen and oxygen atoms in total. The Kier molecular flexibility index (Phi) is 2.93. The van der Waals surface area contributed by atoms with Crippen LogP contribution in [0.15, 0.2) is 12.1 Å². The van der Waals surface area contributed by atoms with Crippen LogP contribution in [0, 0.1) is 13.8 Å². The summed E-state index contributed by atoms with van der Waals surface area (Å²) >= 11 is 0. The molecule has 0 aliphatic carbocycles. The van der Waals surface area contributed by atoms with Crippen molar-refractivity contribution in [2.45, 2.75) is 20.1 Å². The fourth-order valence-electron chi connectivity index (χ4n) is 1.98. The first kappa shape index (κ1) is 10.5. The lowest BCUT2D eigenvalue weighted by Gasteiger charge is -2.16. The maximum Gasteiger partial charge on any atom is 0.187 e. The number of benzene rings is 1. The highest BCUT2D eigenvalue weighted by atomic mass is 16.7. The fraction of sp³-hybridized carbons (Fsp3) is 0.500. The highest BCUT2D eigenvalue weighted by Crippen LogP contribution is 2.34. The number of ether oxygens (including phenoxy) is 3. The van der Waals surface area contributed by atoms with Gasteiger partial charge in [0, 0.05) is 0 Å². The number of rotatable bonds is 2. The minimum absolute atomic E-state index is 0.265. The number of hydrogen-bond donors (Lipinski definition) is 0. The van der Waals surface area contributed by atoms with E-state index in [-0.39, 0.29) is 6.29 Å². The van der Waals surface area contributed by atoms with Crippen molar-refractivity contribution in [3.05, 3.63) is 28.8 Å². The molecule has 1 heterocycles. The molecule has 0 amide bonds. The topological polar surface area (TPSA) is 27.7 Å². The number of methoxy groups -OCH3 is 1. The van der Waals surface area contributed by atoms with E-state index < -0.39 is 0 Å². The molecule has 0 radical (unpaired) electrons. The summed E-state index contributed by atoms with van der Waals surface area (Å²) in [5.41, 5.74) is 3.31. The van der Waals surface area contributed by atoms with Gasteiger partial charge in [0.15, 0.2) is 6.29 Å². The SMILES string of the molecule is COc1c(C)cc(C)cc1C1OCCO1. The zero-order valence-electron chi connectivity index (χ0n) is 9.37. The summed E-state index contributed by atoms with van der Waals surface area (Å²) in [6.07, 6.45) is -0.265. The molecule has 0 bridgehead atoms. The predicted octanol–water partition coefficient (Wildman–Crippen LogP) is 2.36. The van der Waals surface area contributed by atoms with E-state index in [4.69, 9.17) is 14.2 Å². The van der Waals surface area contributed by atoms with E-state index in [0.717, 1.165) is 16.9 Å². The first-order valence-corrected chi connectivity index (χ1v) is 5.10. The van der Waals surface area contributed by atoms with E-state index in [9.17, 15) is 0 Å². The summed E-state index contributed by atoms with van der Waals surface area (Å²) in [5, 5.41) is 0. The molecule has 0 saturated carbocycles. The molecule has 0 N–H and O–H groups in total. The van der Waals surface area contributed by atoms with Crippen LogP contribution in [-0.4, -0.2) is 20.3 Å². The van der Waals surface area contributed by atoms with Crippen LogP contribution in [0.1, 0.15) is 23.0 Å². The molecule has 82 valence electrons. The van der Waals surface area contributed by atoms with Crippen molar-refractivity contribution < 1.29 is 14.2 Å². The van der Waals surface area contributed by atoms with E-state index in [2.05, 4.69) is 19.1 Å². The normalized spacial score (nSPS) is 17.0. The molecule has 3 heteroatoms. The monoisotopic (exact) mass is 208 g/mol. The Hall–Kier alpha value is -1.06. The molecule has 1 aromatic rings. The van der Waals surface area contributed by atoms with Crippen molar-refractivity contribution >= 4 is 0 Å². The van der Waals surface area contributed by atoms with Gasteiger partial charge in [-0.1, -0.05) is 11.6 Å². The van der Waals surface area contributed by atoms with Crippen LogP contribution < -0.4 is 4.74 Å². The first-order chi connectivity index (χ1) is 7.22. The molecule has 2 rings (SSSR count). The van der Waals surface area contributed by atoms with Crippen LogP contribution in [0.5, 0.6) is 5.75 Å². The van der Waals surface area contributed by atoms with Gasteiger partial charge in [-0.05, 0) is 25.5 Å². The van der Waals surface area contributed by atoms with Crippen molar-refractivity contribution in [3.63, 3.8) is 0 Å². The summed E-state index contributed by atoms with van der Waals surface area (Å²) in [5.74, 6) is 0.868. The highest BCUT2D eigenvalue weighted by Gasteiger charge is 2.23. The van der Waals surface area contributed by atoms with Crippen molar-refractivity contribution in [3.8, 4) is 5.75 Å². The Morgan fingerprint density at radius 3 is 2.47 bits per heavy atom. The second-order valence-corrected chi connectivity index (χ2v) is 3.78. The van der Waals surface area contributed by atoms with Crippen molar-refractivity contribution in [2.75, 3.05) is 20.3 Å². The van der Waals surface area contributed by atoms with Gasteiger partial charge < -0.3 is 14.2 Å². The van der Waals surface area contributed by atoms with Gasteiger partial charge in [0.25, 0.3) is 0 Å². The Labute approximate surface area is 90.0 Å². The van der Waals surface area contributed by atoms with Crippen molar-refractivity contribution in [1.82, 2.24) is 0 Å². The Morgan fingerprint density at radius 1 is 1.20 bits per heavy atom. The molecule has 1 saturated heterocycles. The van der Waals surface area contributed by atoms with Gasteiger partial charge in [-0.2, -0.15) is 0 Å². The Morgan fingerprint density at radius 2 is 1.87 bits per heavy atom. The van der Waals surface area contributed by atoms with Crippen molar-refractivity contribution in [2.24, 2.45) is 0 Å². The molecule has 1 aliphatic heterocycles. The van der Waals surface area contributed by atoms with E-state index in [0.29, 0.717) is 13.2 Å². The maximum atomic E-state index is 5.49. The smallest absolute Gasteiger partial charge is 0.187 e. The minimum atomic E-state index is -0.265. The average Bonchev–Trinajstić information content (AvgIpc) is 2.69. The van der Waals surface area contributed by atoms with Crippen LogP contribution in [0.25, 0.3) is 0 Å². The largest absolute Gasteiger partial charge is 0.496 e. The lowest BCUT2D eigenvalue weighted by Crippen LogP contribution is -2.03. The summed E-state index contributed by atoms with van der Waals surface area (Å²) in [7, 11) is 1.68. The quantitative estimate of drug-likeness (QED) is 0.746. The van der Waals surface area contributed by atoms with Crippen LogP contribution >= 0.6 is 0 Å². The molecule has 15 heavy (non-hydrogen) atoms. The molecule has 0 aromatic heterocycles. The fourth-order valence-corrected chi connectivity index (χ4v) is 1.98. The zero-order chi connectivity index (χ0) is 10.8. The lowest BCUT2D eigenvalue weighted by atomic mass is 10.1. The molecular formula is C12H16O3. The van der Waals surface area contributed by atoms with Crippen LogP contribution in [0.4, 0.5) is 0 Å². The number of hydrogen-bond acceptors (Lipinski definition) is 3. The van der Waals surface area contributed by atoms with Gasteiger partial charge in [-0.15, -0.1) is 0 Å². The van der Waals surface area contributed by atoms with E-state index >= 15 is 0 Å². The van der Waals surface area contributed by atoms with Gasteiger partial charge in [-0.3, -0.25) is 0 Å². The van der Waals surface area contributed by atoms with Gasteiger partial charge in [0.05, 0.1) is 25.9 Å². The van der Waals surface area contributed by atoms with Gasteiger partial charge >= 0.3 is 0 Å². The predicted molar refractivity (Wildman–Crippen MR) is 57.1 cm³/mol. The minimum Gasteiger partial charge on any atom is -0.496 e. The van der Waals surface area contributed by atoms with Gasteiger partial charge in [0.1, 0.15) is 5.75 Å². The second-order valence-electron chi connectivity index (χ2n) is 3.78. The third-order valence-electron chi connectivity index (χ3n) is 2.53. The molecule has 0 unspecified atom stereocenters. The third-order valence-corrected chi connectivity index (χ3v) is 2.53. The summed E-state index contributed by atoms with van der Waals surface area (Å²) in [6.45, 7) is 5.40. The maximum absolute atomic E-state index is 5.49. The summed E-state index contributed by atoms with van der Waals surface area (Å²) < 4.78 is 16.4. The van der Waals surface area contributed by atoms with Crippen molar-refractivity contribution in [1.29, 1.82) is 0 Å². The van der Waals surface area contributed by atoms with Gasteiger partial charge in [0.2, 0.25) is 0 Å². The molecule has 1 aromatic carbocycles. The number of aryl methyl sites for hydroxylation is 2. The van der Waals surface area contributed by atoms with E-state index in [1.54, 1.807) is 7.11 Å². The first-order valence-electron chi connectivity index (χ1n) is 5.10. The summed E-state index contributed by atoms with van der Waals surface area (Å²) in [6, 6.07) is 4.15. The second kappa shape index (κ2) is 4.21. The molecule has 1 fully saturated rings. The highest BCUT2D eigenvalue weighted by molar-refractivity contribution is 5.44. The Bertz CT molecular complexity index is 354. The van der Waals surface area contributed by atoms with E-state index in [1.807, 2.05) is 6.92 Å². The van der Waals surface area contributed by atoms with Gasteiger partial charge in [-0.25, -0.2) is 0 Å².